The van der Waals surface area contributed by atoms with Gasteiger partial charge in [0.1, 0.15) is 0 Å². The Morgan fingerprint density at radius 3 is 2.71 bits per heavy atom. The van der Waals surface area contributed by atoms with Crippen LogP contribution in [0.2, 0.25) is 0 Å². The van der Waals surface area contributed by atoms with Gasteiger partial charge in [0.2, 0.25) is 0 Å². The molecule has 1 heterocycles. The molecule has 0 aromatic carbocycles. The fraction of sp³-hybridized carbons (Fsp3) is 1.00. The molecule has 0 aromatic heterocycles. The fourth-order valence-corrected chi connectivity index (χ4v) is 2.44. The molecule has 0 bridgehead atoms. The topological polar surface area (TPSA) is 44.5 Å². The van der Waals surface area contributed by atoms with Crippen molar-refractivity contribution in [3.05, 3.63) is 0 Å². The van der Waals surface area contributed by atoms with Crippen LogP contribution in [0.1, 0.15) is 32.1 Å². The fourth-order valence-electron chi connectivity index (χ4n) is 2.44. The molecule has 1 saturated carbocycles. The molecular formula is C11H21NO2. The molecule has 1 aliphatic heterocycles. The molecule has 2 N–H and O–H groups in total. The molecule has 1 unspecified atom stereocenters. The van der Waals surface area contributed by atoms with Crippen LogP contribution in [0.15, 0.2) is 0 Å². The van der Waals surface area contributed by atoms with Crippen LogP contribution in [0.25, 0.3) is 0 Å². The zero-order valence-electron chi connectivity index (χ0n) is 8.84. The Morgan fingerprint density at radius 2 is 2.14 bits per heavy atom. The van der Waals surface area contributed by atoms with Crippen molar-refractivity contribution in [2.45, 2.75) is 37.7 Å². The summed E-state index contributed by atoms with van der Waals surface area (Å²) in [6, 6.07) is 0. The monoisotopic (exact) mass is 199 g/mol. The number of ether oxygens (including phenoxy) is 2. The summed E-state index contributed by atoms with van der Waals surface area (Å²) >= 11 is 0. The lowest BCUT2D eigenvalue weighted by molar-refractivity contribution is -0.0504. The summed E-state index contributed by atoms with van der Waals surface area (Å²) in [6.07, 6.45) is 6.01. The van der Waals surface area contributed by atoms with Crippen LogP contribution in [0.4, 0.5) is 0 Å². The zero-order chi connectivity index (χ0) is 9.86. The molecule has 2 aliphatic rings. The quantitative estimate of drug-likeness (QED) is 0.742. The summed E-state index contributed by atoms with van der Waals surface area (Å²) in [5.41, 5.74) is 5.81. The van der Waals surface area contributed by atoms with Gasteiger partial charge in [-0.15, -0.1) is 0 Å². The van der Waals surface area contributed by atoms with Crippen molar-refractivity contribution in [2.24, 2.45) is 11.7 Å². The van der Waals surface area contributed by atoms with Gasteiger partial charge in [0, 0.05) is 19.1 Å². The van der Waals surface area contributed by atoms with Crippen LogP contribution in [0, 0.1) is 5.92 Å². The van der Waals surface area contributed by atoms with E-state index >= 15 is 0 Å². The van der Waals surface area contributed by atoms with E-state index in [4.69, 9.17) is 15.2 Å². The molecule has 0 aromatic rings. The first-order valence-electron chi connectivity index (χ1n) is 5.76. The van der Waals surface area contributed by atoms with Crippen LogP contribution < -0.4 is 5.73 Å². The van der Waals surface area contributed by atoms with E-state index in [1.165, 1.54) is 12.8 Å². The predicted octanol–water partition coefficient (Wildman–Crippen LogP) is 1.31. The maximum Gasteiger partial charge on any atom is 0.0804 e. The van der Waals surface area contributed by atoms with E-state index < -0.39 is 0 Å². The minimum absolute atomic E-state index is 0.0165. The Balaban J connectivity index is 1.76. The van der Waals surface area contributed by atoms with E-state index in [0.29, 0.717) is 12.5 Å². The highest BCUT2D eigenvalue weighted by Gasteiger charge is 2.34. The first-order valence-corrected chi connectivity index (χ1v) is 5.76. The molecule has 1 aliphatic carbocycles. The van der Waals surface area contributed by atoms with E-state index in [2.05, 4.69) is 0 Å². The molecule has 1 atom stereocenters. The lowest BCUT2D eigenvalue weighted by Crippen LogP contribution is -2.39. The zero-order valence-corrected chi connectivity index (χ0v) is 8.84. The van der Waals surface area contributed by atoms with Gasteiger partial charge in [-0.2, -0.15) is 0 Å². The largest absolute Gasteiger partial charge is 0.381 e. The normalized spacial score (nSPS) is 31.1. The van der Waals surface area contributed by atoms with E-state index in [1.807, 2.05) is 0 Å². The summed E-state index contributed by atoms with van der Waals surface area (Å²) < 4.78 is 11.3. The van der Waals surface area contributed by atoms with Crippen LogP contribution in [-0.4, -0.2) is 32.0 Å². The highest BCUT2D eigenvalue weighted by molar-refractivity contribution is 4.87. The Labute approximate surface area is 85.9 Å². The average molecular weight is 199 g/mol. The van der Waals surface area contributed by atoms with Crippen LogP contribution in [-0.2, 0) is 9.47 Å². The molecular weight excluding hydrogens is 178 g/mol. The summed E-state index contributed by atoms with van der Waals surface area (Å²) in [5, 5.41) is 0. The van der Waals surface area contributed by atoms with E-state index in [1.54, 1.807) is 0 Å². The standard InChI is InChI=1S/C11H21NO2/c12-9-11(4-1-2-5-11)14-8-10-3-6-13-7-10/h10H,1-9,12H2. The van der Waals surface area contributed by atoms with Crippen molar-refractivity contribution in [3.8, 4) is 0 Å². The molecule has 0 radical (unpaired) electrons. The minimum Gasteiger partial charge on any atom is -0.381 e. The Morgan fingerprint density at radius 1 is 1.36 bits per heavy atom. The smallest absolute Gasteiger partial charge is 0.0804 e. The van der Waals surface area contributed by atoms with Crippen LogP contribution >= 0.6 is 0 Å². The van der Waals surface area contributed by atoms with Crippen LogP contribution in [0.3, 0.4) is 0 Å². The van der Waals surface area contributed by atoms with Gasteiger partial charge in [0.05, 0.1) is 18.8 Å². The third kappa shape index (κ3) is 2.27. The third-order valence-electron chi connectivity index (χ3n) is 3.54. The van der Waals surface area contributed by atoms with Gasteiger partial charge in [-0.25, -0.2) is 0 Å². The number of rotatable bonds is 4. The number of nitrogens with two attached hydrogens (primary N) is 1. The van der Waals surface area contributed by atoms with Gasteiger partial charge in [-0.05, 0) is 19.3 Å². The highest BCUT2D eigenvalue weighted by Crippen LogP contribution is 2.33. The molecule has 2 fully saturated rings. The molecule has 82 valence electrons. The second-order valence-electron chi connectivity index (χ2n) is 4.63. The molecule has 1 saturated heterocycles. The van der Waals surface area contributed by atoms with Gasteiger partial charge >= 0.3 is 0 Å². The van der Waals surface area contributed by atoms with Gasteiger partial charge < -0.3 is 15.2 Å². The summed E-state index contributed by atoms with van der Waals surface area (Å²) in [4.78, 5) is 0. The second kappa shape index (κ2) is 4.60. The number of hydrogen-bond acceptors (Lipinski definition) is 3. The van der Waals surface area contributed by atoms with E-state index in [0.717, 1.165) is 39.1 Å². The molecule has 0 amide bonds. The first-order chi connectivity index (χ1) is 6.85. The SMILES string of the molecule is NCC1(OCC2CCOC2)CCCC1. The Bertz CT molecular complexity index is 172. The van der Waals surface area contributed by atoms with E-state index in [-0.39, 0.29) is 5.60 Å². The Hall–Kier alpha value is -0.120. The third-order valence-corrected chi connectivity index (χ3v) is 3.54. The lowest BCUT2D eigenvalue weighted by atomic mass is 10.0. The molecule has 3 nitrogen and oxygen atoms in total. The highest BCUT2D eigenvalue weighted by atomic mass is 16.5. The summed E-state index contributed by atoms with van der Waals surface area (Å²) in [5.74, 6) is 0.610. The number of hydrogen-bond donors (Lipinski definition) is 1. The molecule has 14 heavy (non-hydrogen) atoms. The van der Waals surface area contributed by atoms with Crippen molar-refractivity contribution in [1.82, 2.24) is 0 Å². The first kappa shape index (κ1) is 10.4. The van der Waals surface area contributed by atoms with Crippen molar-refractivity contribution >= 4 is 0 Å². The van der Waals surface area contributed by atoms with Gasteiger partial charge in [-0.3, -0.25) is 0 Å². The van der Waals surface area contributed by atoms with Crippen molar-refractivity contribution in [2.75, 3.05) is 26.4 Å². The van der Waals surface area contributed by atoms with Crippen LogP contribution in [0.5, 0.6) is 0 Å². The molecule has 3 heteroatoms. The summed E-state index contributed by atoms with van der Waals surface area (Å²) in [6.45, 7) is 3.31. The maximum absolute atomic E-state index is 6.02. The van der Waals surface area contributed by atoms with Gasteiger partial charge in [-0.1, -0.05) is 12.8 Å². The molecule has 0 spiro atoms. The minimum atomic E-state index is 0.0165. The predicted molar refractivity (Wildman–Crippen MR) is 55.1 cm³/mol. The van der Waals surface area contributed by atoms with Crippen molar-refractivity contribution in [1.29, 1.82) is 0 Å². The van der Waals surface area contributed by atoms with Crippen molar-refractivity contribution < 1.29 is 9.47 Å². The lowest BCUT2D eigenvalue weighted by Gasteiger charge is -2.28. The maximum atomic E-state index is 6.02. The van der Waals surface area contributed by atoms with Crippen molar-refractivity contribution in [3.63, 3.8) is 0 Å². The van der Waals surface area contributed by atoms with Gasteiger partial charge in [0.25, 0.3) is 0 Å². The summed E-state index contributed by atoms with van der Waals surface area (Å²) in [7, 11) is 0. The second-order valence-corrected chi connectivity index (χ2v) is 4.63. The van der Waals surface area contributed by atoms with E-state index in [9.17, 15) is 0 Å². The van der Waals surface area contributed by atoms with Gasteiger partial charge in [0.15, 0.2) is 0 Å². The Kier molecular flexibility index (Phi) is 3.42. The average Bonchev–Trinajstić information content (AvgIpc) is 2.87. The molecule has 2 rings (SSSR count).